The topological polar surface area (TPSA) is 39.1 Å². The summed E-state index contributed by atoms with van der Waals surface area (Å²) in [7, 11) is 1.84. The molecule has 1 heterocycles. The number of aromatic nitrogens is 2. The van der Waals surface area contributed by atoms with Gasteiger partial charge in [-0.05, 0) is 25.1 Å². The van der Waals surface area contributed by atoms with Crippen molar-refractivity contribution in [1.82, 2.24) is 9.78 Å². The van der Waals surface area contributed by atoms with Crippen molar-refractivity contribution in [2.45, 2.75) is 20.1 Å². The maximum Gasteiger partial charge on any atom is 0.387 e. The number of rotatable bonds is 5. The fourth-order valence-electron chi connectivity index (χ4n) is 1.83. The second-order valence-electron chi connectivity index (χ2n) is 4.13. The Morgan fingerprint density at radius 3 is 2.74 bits per heavy atom. The maximum atomic E-state index is 12.3. The molecule has 4 nitrogen and oxygen atoms in total. The summed E-state index contributed by atoms with van der Waals surface area (Å²) in [6.07, 6.45) is 0. The SMILES string of the molecule is Cc1cc(CNc2ccccc2OC(F)F)n(C)n1. The van der Waals surface area contributed by atoms with Crippen molar-refractivity contribution in [2.75, 3.05) is 5.32 Å². The number of hydrogen-bond acceptors (Lipinski definition) is 3. The van der Waals surface area contributed by atoms with Crippen LogP contribution < -0.4 is 10.1 Å². The minimum Gasteiger partial charge on any atom is -0.433 e. The lowest BCUT2D eigenvalue weighted by Gasteiger charge is -2.12. The van der Waals surface area contributed by atoms with Crippen molar-refractivity contribution in [3.05, 3.63) is 41.7 Å². The molecule has 2 rings (SSSR count). The van der Waals surface area contributed by atoms with Gasteiger partial charge in [-0.3, -0.25) is 4.68 Å². The third-order valence-electron chi connectivity index (χ3n) is 2.66. The van der Waals surface area contributed by atoms with Crippen LogP contribution in [0.5, 0.6) is 5.75 Å². The van der Waals surface area contributed by atoms with Gasteiger partial charge in [-0.2, -0.15) is 13.9 Å². The first-order chi connectivity index (χ1) is 9.06. The monoisotopic (exact) mass is 267 g/mol. The maximum absolute atomic E-state index is 12.3. The number of nitrogens with zero attached hydrogens (tertiary/aromatic N) is 2. The van der Waals surface area contributed by atoms with Gasteiger partial charge in [0.2, 0.25) is 0 Å². The second-order valence-corrected chi connectivity index (χ2v) is 4.13. The Labute approximate surface area is 110 Å². The summed E-state index contributed by atoms with van der Waals surface area (Å²) < 4.78 is 30.7. The summed E-state index contributed by atoms with van der Waals surface area (Å²) in [6.45, 7) is -0.444. The van der Waals surface area contributed by atoms with Gasteiger partial charge >= 0.3 is 6.61 Å². The zero-order valence-corrected chi connectivity index (χ0v) is 10.7. The zero-order chi connectivity index (χ0) is 13.8. The molecule has 0 aliphatic carbocycles. The molecule has 102 valence electrons. The Hall–Kier alpha value is -2.11. The van der Waals surface area contributed by atoms with E-state index in [0.29, 0.717) is 12.2 Å². The van der Waals surface area contributed by atoms with E-state index in [2.05, 4.69) is 15.2 Å². The number of para-hydroxylation sites is 2. The molecule has 0 amide bonds. The molecule has 1 aromatic carbocycles. The molecule has 0 fully saturated rings. The normalized spacial score (nSPS) is 10.8. The van der Waals surface area contributed by atoms with Gasteiger partial charge in [-0.25, -0.2) is 0 Å². The van der Waals surface area contributed by atoms with Gasteiger partial charge in [-0.1, -0.05) is 12.1 Å². The Bertz CT molecular complexity index is 555. The number of alkyl halides is 2. The molecule has 1 aromatic heterocycles. The lowest BCUT2D eigenvalue weighted by molar-refractivity contribution is -0.0493. The first-order valence-electron chi connectivity index (χ1n) is 5.83. The van der Waals surface area contributed by atoms with Crippen LogP contribution in [0.4, 0.5) is 14.5 Å². The predicted molar refractivity (Wildman–Crippen MR) is 68.3 cm³/mol. The molecule has 0 aliphatic heterocycles. The van der Waals surface area contributed by atoms with Crippen molar-refractivity contribution in [2.24, 2.45) is 7.05 Å². The number of hydrogen-bond donors (Lipinski definition) is 1. The smallest absolute Gasteiger partial charge is 0.387 e. The van der Waals surface area contributed by atoms with Crippen LogP contribution in [0.2, 0.25) is 0 Å². The third-order valence-corrected chi connectivity index (χ3v) is 2.66. The van der Waals surface area contributed by atoms with Crippen LogP contribution >= 0.6 is 0 Å². The summed E-state index contributed by atoms with van der Waals surface area (Å²) in [5.41, 5.74) is 2.41. The summed E-state index contributed by atoms with van der Waals surface area (Å²) in [5.74, 6) is 0.136. The molecule has 0 saturated heterocycles. The number of anilines is 1. The Morgan fingerprint density at radius 2 is 2.11 bits per heavy atom. The quantitative estimate of drug-likeness (QED) is 0.905. The van der Waals surface area contributed by atoms with Gasteiger partial charge in [-0.15, -0.1) is 0 Å². The molecule has 6 heteroatoms. The molecule has 0 saturated carbocycles. The second kappa shape index (κ2) is 5.69. The fourth-order valence-corrected chi connectivity index (χ4v) is 1.83. The highest BCUT2D eigenvalue weighted by atomic mass is 19.3. The molecule has 0 atom stereocenters. The van der Waals surface area contributed by atoms with Crippen molar-refractivity contribution < 1.29 is 13.5 Å². The third kappa shape index (κ3) is 3.43. The highest BCUT2D eigenvalue weighted by Gasteiger charge is 2.09. The van der Waals surface area contributed by atoms with Crippen LogP contribution in [0.1, 0.15) is 11.4 Å². The molecule has 1 N–H and O–H groups in total. The highest BCUT2D eigenvalue weighted by molar-refractivity contribution is 5.56. The van der Waals surface area contributed by atoms with E-state index in [0.717, 1.165) is 11.4 Å². The molecular weight excluding hydrogens is 252 g/mol. The highest BCUT2D eigenvalue weighted by Crippen LogP contribution is 2.25. The average Bonchev–Trinajstić information content (AvgIpc) is 2.66. The number of ether oxygens (including phenoxy) is 1. The van der Waals surface area contributed by atoms with E-state index < -0.39 is 6.61 Å². The van der Waals surface area contributed by atoms with Crippen LogP contribution in [-0.2, 0) is 13.6 Å². The number of benzene rings is 1. The summed E-state index contributed by atoms with van der Waals surface area (Å²) in [5, 5.41) is 7.29. The van der Waals surface area contributed by atoms with E-state index in [1.807, 2.05) is 20.0 Å². The largest absolute Gasteiger partial charge is 0.433 e. The summed E-state index contributed by atoms with van der Waals surface area (Å²) in [4.78, 5) is 0. The van der Waals surface area contributed by atoms with Crippen molar-refractivity contribution in [3.63, 3.8) is 0 Å². The molecular formula is C13H15F2N3O. The first-order valence-corrected chi connectivity index (χ1v) is 5.83. The molecule has 2 aromatic rings. The van der Waals surface area contributed by atoms with Crippen molar-refractivity contribution in [3.8, 4) is 5.75 Å². The van der Waals surface area contributed by atoms with Crippen molar-refractivity contribution in [1.29, 1.82) is 0 Å². The van der Waals surface area contributed by atoms with Crippen LogP contribution in [0.25, 0.3) is 0 Å². The standard InChI is InChI=1S/C13H15F2N3O/c1-9-7-10(18(2)17-9)8-16-11-5-3-4-6-12(11)19-13(14)15/h3-7,13,16H,8H2,1-2H3. The van der Waals surface area contributed by atoms with E-state index in [-0.39, 0.29) is 5.75 Å². The Morgan fingerprint density at radius 1 is 1.37 bits per heavy atom. The van der Waals surface area contributed by atoms with E-state index in [9.17, 15) is 8.78 Å². The van der Waals surface area contributed by atoms with Gasteiger partial charge in [0.05, 0.1) is 23.6 Å². The Kier molecular flexibility index (Phi) is 3.99. The van der Waals surface area contributed by atoms with Crippen LogP contribution in [0.3, 0.4) is 0 Å². The van der Waals surface area contributed by atoms with Crippen LogP contribution in [-0.4, -0.2) is 16.4 Å². The van der Waals surface area contributed by atoms with E-state index in [1.54, 1.807) is 22.9 Å². The van der Waals surface area contributed by atoms with Gasteiger partial charge in [0.15, 0.2) is 0 Å². The minimum atomic E-state index is -2.83. The molecule has 0 bridgehead atoms. The summed E-state index contributed by atoms with van der Waals surface area (Å²) in [6, 6.07) is 8.54. The van der Waals surface area contributed by atoms with Gasteiger partial charge in [0.25, 0.3) is 0 Å². The van der Waals surface area contributed by atoms with Crippen LogP contribution in [0, 0.1) is 6.92 Å². The van der Waals surface area contributed by atoms with Crippen LogP contribution in [0.15, 0.2) is 30.3 Å². The summed E-state index contributed by atoms with van der Waals surface area (Å²) >= 11 is 0. The average molecular weight is 267 g/mol. The van der Waals surface area contributed by atoms with E-state index in [4.69, 9.17) is 0 Å². The van der Waals surface area contributed by atoms with Gasteiger partial charge in [0, 0.05) is 7.05 Å². The molecule has 19 heavy (non-hydrogen) atoms. The number of nitrogens with one attached hydrogen (secondary N) is 1. The first kappa shape index (κ1) is 13.3. The lowest BCUT2D eigenvalue weighted by atomic mass is 10.3. The number of halogens is 2. The molecule has 0 spiro atoms. The van der Waals surface area contributed by atoms with E-state index in [1.165, 1.54) is 6.07 Å². The van der Waals surface area contributed by atoms with Gasteiger partial charge in [0.1, 0.15) is 5.75 Å². The fraction of sp³-hybridized carbons (Fsp3) is 0.308. The van der Waals surface area contributed by atoms with Gasteiger partial charge < -0.3 is 10.1 Å². The minimum absolute atomic E-state index is 0.136. The van der Waals surface area contributed by atoms with Crippen molar-refractivity contribution >= 4 is 5.69 Å². The lowest BCUT2D eigenvalue weighted by Crippen LogP contribution is -2.08. The predicted octanol–water partition coefficient (Wildman–Crippen LogP) is 2.94. The zero-order valence-electron chi connectivity index (χ0n) is 10.7. The molecule has 0 aliphatic rings. The Balaban J connectivity index is 2.09. The van der Waals surface area contributed by atoms with E-state index >= 15 is 0 Å². The number of aryl methyl sites for hydroxylation is 2. The molecule has 0 unspecified atom stereocenters. The molecule has 0 radical (unpaired) electrons.